The molecule has 1 heterocycles. The predicted octanol–water partition coefficient (Wildman–Crippen LogP) is 0.208. The molecule has 1 amide bonds. The fourth-order valence-electron chi connectivity index (χ4n) is 2.20. The smallest absolute Gasteiger partial charge is 0.343 e. The Kier molecular flexibility index (Phi) is 5.35. The maximum atomic E-state index is 12.1. The van der Waals surface area contributed by atoms with Crippen molar-refractivity contribution in [3.8, 4) is 5.75 Å². The molecule has 1 aliphatic rings. The van der Waals surface area contributed by atoms with Crippen molar-refractivity contribution in [2.75, 3.05) is 25.6 Å². The monoisotopic (exact) mass is 308 g/mol. The summed E-state index contributed by atoms with van der Waals surface area (Å²) >= 11 is 0. The summed E-state index contributed by atoms with van der Waals surface area (Å²) in [4.78, 5) is 23.1. The highest BCUT2D eigenvalue weighted by molar-refractivity contribution is 5.95. The quantitative estimate of drug-likeness (QED) is 0.673. The Morgan fingerprint density at radius 1 is 1.45 bits per heavy atom. The van der Waals surface area contributed by atoms with Crippen LogP contribution in [0, 0.1) is 6.92 Å². The largest absolute Gasteiger partial charge is 0.482 e. The second-order valence-electron chi connectivity index (χ2n) is 5.18. The number of carbonyl (C=O) groups excluding carboxylic acids is 2. The van der Waals surface area contributed by atoms with Gasteiger partial charge in [0.1, 0.15) is 5.75 Å². The predicted molar refractivity (Wildman–Crippen MR) is 79.7 cm³/mol. The number of anilines is 1. The molecule has 120 valence electrons. The van der Waals surface area contributed by atoms with E-state index in [9.17, 15) is 14.7 Å². The molecule has 1 aromatic rings. The topological polar surface area (TPSA) is 96.9 Å². The molecule has 1 aromatic carbocycles. The summed E-state index contributed by atoms with van der Waals surface area (Å²) in [5.74, 6) is -0.112. The zero-order valence-corrected chi connectivity index (χ0v) is 12.6. The molecule has 1 fully saturated rings. The van der Waals surface area contributed by atoms with Crippen molar-refractivity contribution in [3.63, 3.8) is 0 Å². The molecule has 0 spiro atoms. The number of ether oxygens (including phenoxy) is 2. The van der Waals surface area contributed by atoms with Gasteiger partial charge in [0, 0.05) is 12.2 Å². The molecule has 2 atom stereocenters. The molecule has 7 nitrogen and oxygen atoms in total. The van der Waals surface area contributed by atoms with Crippen LogP contribution in [0.1, 0.15) is 12.0 Å². The van der Waals surface area contributed by atoms with Gasteiger partial charge in [-0.25, -0.2) is 4.79 Å². The van der Waals surface area contributed by atoms with Gasteiger partial charge in [-0.05, 0) is 37.1 Å². The third-order valence-corrected chi connectivity index (χ3v) is 3.46. The lowest BCUT2D eigenvalue weighted by atomic mass is 10.1. The van der Waals surface area contributed by atoms with Gasteiger partial charge in [0.2, 0.25) is 5.91 Å². The zero-order valence-electron chi connectivity index (χ0n) is 12.6. The fraction of sp³-hybridized carbons (Fsp3) is 0.467. The van der Waals surface area contributed by atoms with E-state index in [1.807, 2.05) is 6.92 Å². The number of β-amino-alcohol motifs (C(OH)–C–C–N with tert-alkyl or cyclic N) is 1. The van der Waals surface area contributed by atoms with E-state index in [1.54, 1.807) is 18.2 Å². The van der Waals surface area contributed by atoms with Gasteiger partial charge in [-0.1, -0.05) is 0 Å². The Hall–Kier alpha value is -2.12. The van der Waals surface area contributed by atoms with Gasteiger partial charge >= 0.3 is 5.97 Å². The lowest BCUT2D eigenvalue weighted by Crippen LogP contribution is -2.35. The third-order valence-electron chi connectivity index (χ3n) is 3.46. The highest BCUT2D eigenvalue weighted by Crippen LogP contribution is 2.22. The number of rotatable bonds is 5. The maximum absolute atomic E-state index is 12.1. The first kappa shape index (κ1) is 16.3. The standard InChI is InChI=1S/C15H20N2O5/c1-9-5-11(22-8-14(19)21-2)3-4-12(9)17-15(20)13-6-10(18)7-16-13/h3-5,10,13,16,18H,6-8H2,1-2H3,(H,17,20). The number of aliphatic hydroxyl groups excluding tert-OH is 1. The van der Waals surface area contributed by atoms with E-state index in [0.29, 0.717) is 24.4 Å². The number of aliphatic hydroxyl groups is 1. The molecule has 2 rings (SSSR count). The van der Waals surface area contributed by atoms with Crippen molar-refractivity contribution in [2.45, 2.75) is 25.5 Å². The summed E-state index contributed by atoms with van der Waals surface area (Å²) in [6, 6.07) is 4.73. The lowest BCUT2D eigenvalue weighted by Gasteiger charge is -2.14. The Bertz CT molecular complexity index is 561. The van der Waals surface area contributed by atoms with E-state index in [-0.39, 0.29) is 18.6 Å². The Morgan fingerprint density at radius 2 is 2.23 bits per heavy atom. The number of amides is 1. The molecule has 1 aliphatic heterocycles. The van der Waals surface area contributed by atoms with Gasteiger partial charge < -0.3 is 25.2 Å². The summed E-state index contributed by atoms with van der Waals surface area (Å²) in [7, 11) is 1.30. The van der Waals surface area contributed by atoms with Crippen LogP contribution in [-0.2, 0) is 14.3 Å². The minimum absolute atomic E-state index is 0.161. The molecule has 3 N–H and O–H groups in total. The molecular weight excluding hydrogens is 288 g/mol. The Balaban J connectivity index is 1.94. The van der Waals surface area contributed by atoms with Crippen LogP contribution in [0.4, 0.5) is 5.69 Å². The first-order valence-corrected chi connectivity index (χ1v) is 7.02. The van der Waals surface area contributed by atoms with Crippen molar-refractivity contribution in [2.24, 2.45) is 0 Å². The molecule has 0 bridgehead atoms. The minimum atomic E-state index is -0.481. The van der Waals surface area contributed by atoms with Crippen molar-refractivity contribution < 1.29 is 24.2 Å². The van der Waals surface area contributed by atoms with Crippen LogP contribution >= 0.6 is 0 Å². The van der Waals surface area contributed by atoms with Crippen LogP contribution in [0.2, 0.25) is 0 Å². The fourth-order valence-corrected chi connectivity index (χ4v) is 2.20. The van der Waals surface area contributed by atoms with Crippen molar-refractivity contribution >= 4 is 17.6 Å². The van der Waals surface area contributed by atoms with E-state index in [1.165, 1.54) is 7.11 Å². The van der Waals surface area contributed by atoms with Gasteiger partial charge in [0.05, 0.1) is 19.3 Å². The molecule has 22 heavy (non-hydrogen) atoms. The van der Waals surface area contributed by atoms with E-state index in [2.05, 4.69) is 15.4 Å². The Morgan fingerprint density at radius 3 is 2.82 bits per heavy atom. The average Bonchev–Trinajstić information content (AvgIpc) is 2.93. The first-order valence-electron chi connectivity index (χ1n) is 7.02. The van der Waals surface area contributed by atoms with E-state index >= 15 is 0 Å². The van der Waals surface area contributed by atoms with Crippen molar-refractivity contribution in [1.29, 1.82) is 0 Å². The molecular formula is C15H20N2O5. The summed E-state index contributed by atoms with van der Waals surface area (Å²) < 4.78 is 9.78. The number of hydrogen-bond donors (Lipinski definition) is 3. The normalized spacial score (nSPS) is 20.5. The Labute approximate surface area is 128 Å². The second-order valence-corrected chi connectivity index (χ2v) is 5.18. The molecule has 2 unspecified atom stereocenters. The number of carbonyl (C=O) groups is 2. The third kappa shape index (κ3) is 4.19. The molecule has 7 heteroatoms. The summed E-state index contributed by atoms with van der Waals surface area (Å²) in [5, 5.41) is 15.2. The van der Waals surface area contributed by atoms with Gasteiger partial charge in [0.25, 0.3) is 0 Å². The van der Waals surface area contributed by atoms with Crippen molar-refractivity contribution in [1.82, 2.24) is 5.32 Å². The van der Waals surface area contributed by atoms with Gasteiger partial charge in [0.15, 0.2) is 6.61 Å². The van der Waals surface area contributed by atoms with Gasteiger partial charge in [-0.3, -0.25) is 4.79 Å². The molecule has 0 aromatic heterocycles. The number of benzene rings is 1. The minimum Gasteiger partial charge on any atom is -0.482 e. The second kappa shape index (κ2) is 7.24. The maximum Gasteiger partial charge on any atom is 0.343 e. The SMILES string of the molecule is COC(=O)COc1ccc(NC(=O)C2CC(O)CN2)c(C)c1. The first-order chi connectivity index (χ1) is 10.5. The zero-order chi connectivity index (χ0) is 16.1. The van der Waals surface area contributed by atoms with E-state index in [4.69, 9.17) is 4.74 Å². The number of nitrogens with one attached hydrogen (secondary N) is 2. The summed E-state index contributed by atoms with van der Waals surface area (Å²) in [6.07, 6.45) is -0.0727. The molecule has 0 radical (unpaired) electrons. The number of esters is 1. The highest BCUT2D eigenvalue weighted by Gasteiger charge is 2.28. The average molecular weight is 308 g/mol. The van der Waals surface area contributed by atoms with Crippen LogP contribution in [0.15, 0.2) is 18.2 Å². The van der Waals surface area contributed by atoms with E-state index in [0.717, 1.165) is 5.56 Å². The summed E-state index contributed by atoms with van der Waals surface area (Å²) in [5.41, 5.74) is 1.48. The number of hydrogen-bond acceptors (Lipinski definition) is 6. The molecule has 0 saturated carbocycles. The van der Waals surface area contributed by atoms with Crippen LogP contribution in [0.5, 0.6) is 5.75 Å². The lowest BCUT2D eigenvalue weighted by molar-refractivity contribution is -0.142. The van der Waals surface area contributed by atoms with Crippen LogP contribution in [0.25, 0.3) is 0 Å². The molecule has 1 saturated heterocycles. The van der Waals surface area contributed by atoms with Gasteiger partial charge in [-0.15, -0.1) is 0 Å². The molecule has 0 aliphatic carbocycles. The summed E-state index contributed by atoms with van der Waals surface area (Å²) in [6.45, 7) is 2.10. The van der Waals surface area contributed by atoms with Crippen LogP contribution in [-0.4, -0.2) is 49.4 Å². The van der Waals surface area contributed by atoms with Crippen molar-refractivity contribution in [3.05, 3.63) is 23.8 Å². The highest BCUT2D eigenvalue weighted by atomic mass is 16.6. The van der Waals surface area contributed by atoms with E-state index < -0.39 is 12.1 Å². The van der Waals surface area contributed by atoms with Gasteiger partial charge in [-0.2, -0.15) is 0 Å². The van der Waals surface area contributed by atoms with Crippen LogP contribution in [0.3, 0.4) is 0 Å². The number of aryl methyl sites for hydroxylation is 1. The number of methoxy groups -OCH3 is 1. The van der Waals surface area contributed by atoms with Crippen LogP contribution < -0.4 is 15.4 Å².